The molecule has 0 unspecified atom stereocenters. The Morgan fingerprint density at radius 1 is 1.03 bits per heavy atom. The fraction of sp³-hybridized carbons (Fsp3) is 0.310. The Labute approximate surface area is 226 Å². The Morgan fingerprint density at radius 2 is 1.90 bits per heavy atom. The van der Waals surface area contributed by atoms with Crippen molar-refractivity contribution in [3.8, 4) is 11.5 Å². The molecule has 200 valence electrons. The second kappa shape index (κ2) is 11.0. The van der Waals surface area contributed by atoms with E-state index >= 15 is 0 Å². The zero-order chi connectivity index (χ0) is 26.6. The Hall–Kier alpha value is -4.60. The molecule has 39 heavy (non-hydrogen) atoms. The van der Waals surface area contributed by atoms with Crippen LogP contribution in [0.5, 0.6) is 11.5 Å². The molecular weight excluding hydrogens is 494 g/mol. The van der Waals surface area contributed by atoms with Crippen molar-refractivity contribution in [2.75, 3.05) is 43.2 Å². The van der Waals surface area contributed by atoms with E-state index in [-0.39, 0.29) is 12.7 Å². The Bertz CT molecular complexity index is 1500. The number of benzene rings is 2. The molecule has 1 amide bonds. The molecule has 0 saturated carbocycles. The van der Waals surface area contributed by atoms with Crippen molar-refractivity contribution in [1.82, 2.24) is 24.4 Å². The minimum Gasteiger partial charge on any atom is -0.454 e. The number of ether oxygens (including phenoxy) is 2. The molecule has 2 aromatic heterocycles. The molecule has 2 aliphatic heterocycles. The second-order valence-electron chi connectivity index (χ2n) is 9.64. The predicted molar refractivity (Wildman–Crippen MR) is 150 cm³/mol. The normalized spacial score (nSPS) is 15.2. The first kappa shape index (κ1) is 24.7. The van der Waals surface area contributed by atoms with Crippen LogP contribution in [0.3, 0.4) is 0 Å². The van der Waals surface area contributed by atoms with Gasteiger partial charge in [-0.1, -0.05) is 48.6 Å². The molecule has 4 heterocycles. The van der Waals surface area contributed by atoms with Crippen LogP contribution in [-0.2, 0) is 17.9 Å². The minimum atomic E-state index is 0.0996. The zero-order valence-corrected chi connectivity index (χ0v) is 21.9. The van der Waals surface area contributed by atoms with Gasteiger partial charge in [0, 0.05) is 46.2 Å². The van der Waals surface area contributed by atoms with Gasteiger partial charge in [-0.2, -0.15) is 9.97 Å². The van der Waals surface area contributed by atoms with Gasteiger partial charge in [-0.25, -0.2) is 4.98 Å². The number of carbonyl (C=O) groups is 1. The summed E-state index contributed by atoms with van der Waals surface area (Å²) in [5.41, 5.74) is 3.67. The molecule has 6 rings (SSSR count). The molecule has 4 aromatic rings. The number of nitrogens with one attached hydrogen (secondary N) is 1. The standard InChI is InChI=1S/C29H31N7O3/c1-21(37)34-13-6-14-35(16-15-34)29-32-27(30-18-23-10-11-24-25(17-23)39-20-38-24)26-28(33-29)36(19-31-26)12-5-9-22-7-3-2-4-8-22/h2-5,7-11,17,19H,6,12-16,18,20H2,1H3,(H,30,32,33). The van der Waals surface area contributed by atoms with Crippen LogP contribution in [0, 0.1) is 0 Å². The molecule has 0 bridgehead atoms. The summed E-state index contributed by atoms with van der Waals surface area (Å²) in [4.78, 5) is 30.6. The first-order valence-electron chi connectivity index (χ1n) is 13.2. The number of hydrogen-bond donors (Lipinski definition) is 1. The third-order valence-corrected chi connectivity index (χ3v) is 6.99. The molecule has 10 nitrogen and oxygen atoms in total. The molecule has 1 fully saturated rings. The van der Waals surface area contributed by atoms with Crippen molar-refractivity contribution in [3.05, 3.63) is 72.1 Å². The van der Waals surface area contributed by atoms with E-state index in [0.29, 0.717) is 43.5 Å². The highest BCUT2D eigenvalue weighted by Crippen LogP contribution is 2.33. The van der Waals surface area contributed by atoms with Crippen LogP contribution in [0.25, 0.3) is 17.2 Å². The van der Waals surface area contributed by atoms with Gasteiger partial charge in [0.2, 0.25) is 18.6 Å². The quantitative estimate of drug-likeness (QED) is 0.388. The number of rotatable bonds is 7. The number of imidazole rings is 1. The van der Waals surface area contributed by atoms with E-state index in [1.54, 1.807) is 6.92 Å². The molecule has 2 aromatic carbocycles. The molecule has 10 heteroatoms. The maximum atomic E-state index is 12.0. The summed E-state index contributed by atoms with van der Waals surface area (Å²) < 4.78 is 13.0. The number of amides is 1. The number of allylic oxidation sites excluding steroid dienone is 1. The monoisotopic (exact) mass is 525 g/mol. The predicted octanol–water partition coefficient (Wildman–Crippen LogP) is 3.94. The summed E-state index contributed by atoms with van der Waals surface area (Å²) in [6.07, 6.45) is 6.87. The molecular formula is C29H31N7O3. The van der Waals surface area contributed by atoms with Crippen LogP contribution >= 0.6 is 0 Å². The average Bonchev–Trinajstić information content (AvgIpc) is 3.51. The Morgan fingerprint density at radius 3 is 2.77 bits per heavy atom. The van der Waals surface area contributed by atoms with Crippen LogP contribution in [0.2, 0.25) is 0 Å². The van der Waals surface area contributed by atoms with Crippen LogP contribution in [-0.4, -0.2) is 63.3 Å². The lowest BCUT2D eigenvalue weighted by Crippen LogP contribution is -2.34. The maximum absolute atomic E-state index is 12.0. The van der Waals surface area contributed by atoms with Gasteiger partial charge in [-0.3, -0.25) is 4.79 Å². The van der Waals surface area contributed by atoms with Gasteiger partial charge in [-0.15, -0.1) is 0 Å². The summed E-state index contributed by atoms with van der Waals surface area (Å²) >= 11 is 0. The maximum Gasteiger partial charge on any atom is 0.231 e. The molecule has 0 atom stereocenters. The van der Waals surface area contributed by atoms with Crippen molar-refractivity contribution in [2.24, 2.45) is 0 Å². The van der Waals surface area contributed by atoms with Gasteiger partial charge in [0.25, 0.3) is 0 Å². The minimum absolute atomic E-state index is 0.0996. The van der Waals surface area contributed by atoms with Crippen molar-refractivity contribution >= 4 is 34.9 Å². The van der Waals surface area contributed by atoms with Crippen LogP contribution in [0.1, 0.15) is 24.5 Å². The lowest BCUT2D eigenvalue weighted by Gasteiger charge is -2.22. The van der Waals surface area contributed by atoms with E-state index < -0.39 is 0 Å². The highest BCUT2D eigenvalue weighted by molar-refractivity contribution is 5.84. The summed E-state index contributed by atoms with van der Waals surface area (Å²) in [5.74, 6) is 2.91. The van der Waals surface area contributed by atoms with Crippen molar-refractivity contribution < 1.29 is 14.3 Å². The largest absolute Gasteiger partial charge is 0.454 e. The van der Waals surface area contributed by atoms with Gasteiger partial charge in [-0.05, 0) is 29.7 Å². The van der Waals surface area contributed by atoms with Crippen molar-refractivity contribution in [3.63, 3.8) is 0 Å². The van der Waals surface area contributed by atoms with Gasteiger partial charge in [0.15, 0.2) is 28.5 Å². The number of nitrogens with zero attached hydrogens (tertiary/aromatic N) is 6. The number of hydrogen-bond acceptors (Lipinski definition) is 8. The van der Waals surface area contributed by atoms with Crippen LogP contribution < -0.4 is 19.7 Å². The number of fused-ring (bicyclic) bond motifs is 2. The van der Waals surface area contributed by atoms with E-state index in [4.69, 9.17) is 19.4 Å². The molecule has 1 saturated heterocycles. The Balaban J connectivity index is 1.29. The van der Waals surface area contributed by atoms with Gasteiger partial charge >= 0.3 is 0 Å². The highest BCUT2D eigenvalue weighted by atomic mass is 16.7. The second-order valence-corrected chi connectivity index (χ2v) is 9.64. The van der Waals surface area contributed by atoms with E-state index in [1.807, 2.05) is 52.2 Å². The van der Waals surface area contributed by atoms with Crippen LogP contribution in [0.4, 0.5) is 11.8 Å². The average molecular weight is 526 g/mol. The molecule has 0 aliphatic carbocycles. The summed E-state index contributed by atoms with van der Waals surface area (Å²) in [5, 5.41) is 3.48. The molecule has 0 radical (unpaired) electrons. The van der Waals surface area contributed by atoms with Gasteiger partial charge in [0.05, 0.1) is 6.33 Å². The van der Waals surface area contributed by atoms with Crippen LogP contribution in [0.15, 0.2) is 60.9 Å². The summed E-state index contributed by atoms with van der Waals surface area (Å²) in [7, 11) is 0. The van der Waals surface area contributed by atoms with Crippen molar-refractivity contribution in [1.29, 1.82) is 0 Å². The topological polar surface area (TPSA) is 97.6 Å². The van der Waals surface area contributed by atoms with E-state index in [2.05, 4.69) is 39.5 Å². The number of aromatic nitrogens is 4. The fourth-order valence-corrected chi connectivity index (χ4v) is 4.87. The third kappa shape index (κ3) is 5.50. The van der Waals surface area contributed by atoms with E-state index in [1.165, 1.54) is 0 Å². The Kier molecular flexibility index (Phi) is 6.99. The molecule has 2 aliphatic rings. The first-order chi connectivity index (χ1) is 19.1. The smallest absolute Gasteiger partial charge is 0.231 e. The third-order valence-electron chi connectivity index (χ3n) is 6.99. The molecule has 1 N–H and O–H groups in total. The van der Waals surface area contributed by atoms with Gasteiger partial charge < -0.3 is 29.2 Å². The lowest BCUT2D eigenvalue weighted by molar-refractivity contribution is -0.128. The van der Waals surface area contributed by atoms with E-state index in [9.17, 15) is 4.79 Å². The summed E-state index contributed by atoms with van der Waals surface area (Å²) in [6, 6.07) is 16.1. The van der Waals surface area contributed by atoms with Gasteiger partial charge in [0.1, 0.15) is 0 Å². The SMILES string of the molecule is CC(=O)N1CCCN(c2nc(NCc3ccc4c(c3)OCO4)c3ncn(CC=Cc4ccccc4)c3n2)CC1. The van der Waals surface area contributed by atoms with E-state index in [0.717, 1.165) is 47.8 Å². The number of anilines is 2. The zero-order valence-electron chi connectivity index (χ0n) is 21.9. The lowest BCUT2D eigenvalue weighted by atomic mass is 10.2. The first-order valence-corrected chi connectivity index (χ1v) is 13.2. The summed E-state index contributed by atoms with van der Waals surface area (Å²) in [6.45, 7) is 5.88. The highest BCUT2D eigenvalue weighted by Gasteiger charge is 2.22. The number of carbonyl (C=O) groups excluding carboxylic acids is 1. The van der Waals surface area contributed by atoms with Crippen molar-refractivity contribution in [2.45, 2.75) is 26.4 Å². The fourth-order valence-electron chi connectivity index (χ4n) is 4.87. The molecule has 0 spiro atoms.